The van der Waals surface area contributed by atoms with Crippen LogP contribution in [0.15, 0.2) is 30.6 Å². The molecule has 0 aliphatic carbocycles. The summed E-state index contributed by atoms with van der Waals surface area (Å²) in [6.45, 7) is 2.92. The molecule has 0 bridgehead atoms. The Kier molecular flexibility index (Phi) is 4.62. The van der Waals surface area contributed by atoms with Crippen molar-refractivity contribution in [1.82, 2.24) is 14.7 Å². The zero-order valence-electron chi connectivity index (χ0n) is 13.3. The van der Waals surface area contributed by atoms with Crippen molar-refractivity contribution in [2.24, 2.45) is 5.92 Å². The van der Waals surface area contributed by atoms with Gasteiger partial charge in [-0.15, -0.1) is 0 Å². The number of carbonyl (C=O) groups is 1. The Bertz CT molecular complexity index is 737. The van der Waals surface area contributed by atoms with E-state index in [-0.39, 0.29) is 23.6 Å². The molecule has 2 heterocycles. The summed E-state index contributed by atoms with van der Waals surface area (Å²) in [5, 5.41) is 13.6. The molecule has 0 spiro atoms. The number of nitrogens with zero attached hydrogens (tertiary/aromatic N) is 3. The Morgan fingerprint density at radius 1 is 1.33 bits per heavy atom. The van der Waals surface area contributed by atoms with Crippen LogP contribution in [0.4, 0.5) is 8.78 Å². The van der Waals surface area contributed by atoms with E-state index in [9.17, 15) is 18.7 Å². The van der Waals surface area contributed by atoms with E-state index in [0.29, 0.717) is 18.7 Å². The first-order valence-corrected chi connectivity index (χ1v) is 7.93. The molecular weight excluding hydrogens is 316 g/mol. The molecule has 1 N–H and O–H groups in total. The summed E-state index contributed by atoms with van der Waals surface area (Å²) in [5.41, 5.74) is 0.442. The minimum Gasteiger partial charge on any atom is -0.393 e. The van der Waals surface area contributed by atoms with Gasteiger partial charge in [-0.05, 0) is 37.8 Å². The third-order valence-corrected chi connectivity index (χ3v) is 4.50. The fourth-order valence-corrected chi connectivity index (χ4v) is 3.00. The highest BCUT2D eigenvalue weighted by molar-refractivity contribution is 5.93. The third kappa shape index (κ3) is 3.31. The number of aromatic nitrogens is 2. The third-order valence-electron chi connectivity index (χ3n) is 4.50. The Hall–Kier alpha value is -2.28. The average Bonchev–Trinajstić information content (AvgIpc) is 3.04. The van der Waals surface area contributed by atoms with E-state index in [1.807, 2.05) is 0 Å². The van der Waals surface area contributed by atoms with Crippen LogP contribution in [0.2, 0.25) is 0 Å². The number of rotatable bonds is 3. The lowest BCUT2D eigenvalue weighted by Gasteiger charge is -2.33. The van der Waals surface area contributed by atoms with Crippen molar-refractivity contribution in [1.29, 1.82) is 0 Å². The van der Waals surface area contributed by atoms with Crippen LogP contribution < -0.4 is 0 Å². The van der Waals surface area contributed by atoms with Gasteiger partial charge >= 0.3 is 0 Å². The number of hydrogen-bond acceptors (Lipinski definition) is 3. The maximum atomic E-state index is 13.8. The lowest BCUT2D eigenvalue weighted by atomic mass is 9.92. The first-order chi connectivity index (χ1) is 11.5. The molecule has 1 saturated heterocycles. The number of likely N-dealkylation sites (tertiary alicyclic amines) is 1. The van der Waals surface area contributed by atoms with E-state index in [0.717, 1.165) is 25.0 Å². The normalized spacial score (nSPS) is 17.1. The van der Waals surface area contributed by atoms with Crippen molar-refractivity contribution in [3.8, 4) is 5.69 Å². The molecule has 1 unspecified atom stereocenters. The summed E-state index contributed by atoms with van der Waals surface area (Å²) >= 11 is 0. The van der Waals surface area contributed by atoms with Crippen LogP contribution in [0.3, 0.4) is 0 Å². The molecule has 1 aliphatic rings. The zero-order valence-corrected chi connectivity index (χ0v) is 13.3. The number of carbonyl (C=O) groups excluding carboxylic acids is 1. The lowest BCUT2D eigenvalue weighted by Crippen LogP contribution is -2.40. The standard InChI is InChI=1S/C17H19F2N3O2/c1-11(23)12-4-6-21(7-5-12)17(24)13-9-20-22(10-13)16-3-2-14(18)8-15(16)19/h2-3,8-12,23H,4-7H2,1H3. The molecule has 0 saturated carbocycles. The van der Waals surface area contributed by atoms with Crippen molar-refractivity contribution in [3.05, 3.63) is 47.8 Å². The largest absolute Gasteiger partial charge is 0.393 e. The van der Waals surface area contributed by atoms with Gasteiger partial charge in [-0.2, -0.15) is 5.10 Å². The number of amides is 1. The first kappa shape index (κ1) is 16.6. The monoisotopic (exact) mass is 335 g/mol. The highest BCUT2D eigenvalue weighted by Crippen LogP contribution is 2.22. The number of piperidine rings is 1. The molecule has 2 aromatic rings. The predicted octanol–water partition coefficient (Wildman–Crippen LogP) is 2.38. The van der Waals surface area contributed by atoms with Crippen LogP contribution in [0.1, 0.15) is 30.1 Å². The summed E-state index contributed by atoms with van der Waals surface area (Å²) < 4.78 is 28.0. The number of hydrogen-bond donors (Lipinski definition) is 1. The fourth-order valence-electron chi connectivity index (χ4n) is 3.00. The minimum absolute atomic E-state index is 0.0864. The van der Waals surface area contributed by atoms with Gasteiger partial charge in [0.1, 0.15) is 11.5 Å². The Labute approximate surface area is 138 Å². The number of aliphatic hydroxyl groups excluding tert-OH is 1. The molecule has 5 nitrogen and oxygen atoms in total. The maximum absolute atomic E-state index is 13.8. The SMILES string of the molecule is CC(O)C1CCN(C(=O)c2cnn(-c3ccc(F)cc3F)c2)CC1. The molecule has 24 heavy (non-hydrogen) atoms. The van der Waals surface area contributed by atoms with Gasteiger partial charge in [-0.25, -0.2) is 13.5 Å². The van der Waals surface area contributed by atoms with Crippen LogP contribution >= 0.6 is 0 Å². The number of benzene rings is 1. The number of aliphatic hydroxyl groups is 1. The molecular formula is C17H19F2N3O2. The Balaban J connectivity index is 1.72. The van der Waals surface area contributed by atoms with Gasteiger partial charge in [0.2, 0.25) is 0 Å². The average molecular weight is 335 g/mol. The van der Waals surface area contributed by atoms with Crippen LogP contribution in [-0.2, 0) is 0 Å². The molecule has 1 aromatic heterocycles. The molecule has 1 aromatic carbocycles. The van der Waals surface area contributed by atoms with Gasteiger partial charge in [0.05, 0.1) is 17.9 Å². The van der Waals surface area contributed by atoms with Crippen molar-refractivity contribution in [2.45, 2.75) is 25.9 Å². The molecule has 7 heteroatoms. The fraction of sp³-hybridized carbons (Fsp3) is 0.412. The topological polar surface area (TPSA) is 58.4 Å². The molecule has 1 fully saturated rings. The van der Waals surface area contributed by atoms with Gasteiger partial charge in [0.15, 0.2) is 5.82 Å². The van der Waals surface area contributed by atoms with Crippen LogP contribution in [0, 0.1) is 17.6 Å². The number of halogens is 2. The van der Waals surface area contributed by atoms with Crippen LogP contribution in [0.25, 0.3) is 5.69 Å². The van der Waals surface area contributed by atoms with E-state index in [1.165, 1.54) is 23.1 Å². The maximum Gasteiger partial charge on any atom is 0.257 e. The predicted molar refractivity (Wildman–Crippen MR) is 83.8 cm³/mol. The van der Waals surface area contributed by atoms with Crippen molar-refractivity contribution < 1.29 is 18.7 Å². The molecule has 128 valence electrons. The van der Waals surface area contributed by atoms with E-state index in [4.69, 9.17) is 0 Å². The minimum atomic E-state index is -0.741. The van der Waals surface area contributed by atoms with Gasteiger partial charge in [-0.1, -0.05) is 0 Å². The first-order valence-electron chi connectivity index (χ1n) is 7.93. The van der Waals surface area contributed by atoms with Crippen molar-refractivity contribution in [2.75, 3.05) is 13.1 Å². The van der Waals surface area contributed by atoms with Crippen molar-refractivity contribution >= 4 is 5.91 Å². The summed E-state index contributed by atoms with van der Waals surface area (Å²) in [5.74, 6) is -1.37. The summed E-state index contributed by atoms with van der Waals surface area (Å²) in [7, 11) is 0. The highest BCUT2D eigenvalue weighted by Gasteiger charge is 2.26. The Morgan fingerprint density at radius 2 is 2.04 bits per heavy atom. The molecule has 3 rings (SSSR count). The smallest absolute Gasteiger partial charge is 0.257 e. The van der Waals surface area contributed by atoms with Gasteiger partial charge < -0.3 is 10.0 Å². The summed E-state index contributed by atoms with van der Waals surface area (Å²) in [6, 6.07) is 3.20. The van der Waals surface area contributed by atoms with E-state index in [2.05, 4.69) is 5.10 Å². The van der Waals surface area contributed by atoms with Crippen LogP contribution in [0.5, 0.6) is 0 Å². The molecule has 1 amide bonds. The van der Waals surface area contributed by atoms with E-state index < -0.39 is 11.6 Å². The summed E-state index contributed by atoms with van der Waals surface area (Å²) in [6.07, 6.45) is 3.96. The van der Waals surface area contributed by atoms with Gasteiger partial charge in [-0.3, -0.25) is 4.79 Å². The lowest BCUT2D eigenvalue weighted by molar-refractivity contribution is 0.0521. The Morgan fingerprint density at radius 3 is 2.67 bits per heavy atom. The second-order valence-corrected chi connectivity index (χ2v) is 6.14. The van der Waals surface area contributed by atoms with E-state index in [1.54, 1.807) is 11.8 Å². The summed E-state index contributed by atoms with van der Waals surface area (Å²) in [4.78, 5) is 14.2. The molecule has 1 aliphatic heterocycles. The second-order valence-electron chi connectivity index (χ2n) is 6.14. The molecule has 0 radical (unpaired) electrons. The van der Waals surface area contributed by atoms with E-state index >= 15 is 0 Å². The highest BCUT2D eigenvalue weighted by atomic mass is 19.1. The van der Waals surface area contributed by atoms with Gasteiger partial charge in [0.25, 0.3) is 5.91 Å². The van der Waals surface area contributed by atoms with Crippen LogP contribution in [-0.4, -0.2) is 44.9 Å². The van der Waals surface area contributed by atoms with Gasteiger partial charge in [0, 0.05) is 25.4 Å². The zero-order chi connectivity index (χ0) is 17.3. The second kappa shape index (κ2) is 6.68. The van der Waals surface area contributed by atoms with Crippen molar-refractivity contribution in [3.63, 3.8) is 0 Å². The quantitative estimate of drug-likeness (QED) is 0.937. The molecule has 1 atom stereocenters.